The summed E-state index contributed by atoms with van der Waals surface area (Å²) in [7, 11) is 1.72. The van der Waals surface area contributed by atoms with Gasteiger partial charge in [0, 0.05) is 7.05 Å². The second-order valence-electron chi connectivity index (χ2n) is 6.47. The van der Waals surface area contributed by atoms with Crippen molar-refractivity contribution in [1.29, 1.82) is 0 Å². The van der Waals surface area contributed by atoms with Gasteiger partial charge in [-0.3, -0.25) is 4.79 Å². The molecule has 7 nitrogen and oxygen atoms in total. The molecule has 1 heterocycles. The molecule has 0 radical (unpaired) electrons. The molecule has 32 heavy (non-hydrogen) atoms. The SMILES string of the molecule is CC(Oc1ccccc1Cl)c1nnc(SCC(=O)Nc2ccccc2OC(F)(F)F)n1C. The van der Waals surface area contributed by atoms with E-state index in [1.807, 2.05) is 0 Å². The molecule has 0 bridgehead atoms. The van der Waals surface area contributed by atoms with Crippen molar-refractivity contribution in [2.75, 3.05) is 11.1 Å². The predicted octanol–water partition coefficient (Wildman–Crippen LogP) is 5.24. The van der Waals surface area contributed by atoms with Gasteiger partial charge in [0.25, 0.3) is 0 Å². The van der Waals surface area contributed by atoms with Crippen LogP contribution in [0.15, 0.2) is 53.7 Å². The lowest BCUT2D eigenvalue weighted by Gasteiger charge is -2.15. The average Bonchev–Trinajstić information content (AvgIpc) is 3.09. The summed E-state index contributed by atoms with van der Waals surface area (Å²) in [6, 6.07) is 12.3. The minimum atomic E-state index is -4.87. The molecule has 0 spiro atoms. The van der Waals surface area contributed by atoms with Gasteiger partial charge in [-0.2, -0.15) is 0 Å². The zero-order chi connectivity index (χ0) is 23.3. The van der Waals surface area contributed by atoms with Crippen molar-refractivity contribution in [2.24, 2.45) is 7.05 Å². The van der Waals surface area contributed by atoms with Crippen LogP contribution in [0.3, 0.4) is 0 Å². The van der Waals surface area contributed by atoms with E-state index >= 15 is 0 Å². The van der Waals surface area contributed by atoms with Gasteiger partial charge in [-0.05, 0) is 31.2 Å². The third kappa shape index (κ3) is 6.30. The van der Waals surface area contributed by atoms with Gasteiger partial charge in [-0.25, -0.2) is 0 Å². The second kappa shape index (κ2) is 10.1. The van der Waals surface area contributed by atoms with Crippen LogP contribution in [0.4, 0.5) is 18.9 Å². The Morgan fingerprint density at radius 2 is 1.81 bits per heavy atom. The Labute approximate surface area is 190 Å². The lowest BCUT2D eigenvalue weighted by molar-refractivity contribution is -0.274. The maximum Gasteiger partial charge on any atom is 0.573 e. The first-order valence-corrected chi connectivity index (χ1v) is 10.6. The number of rotatable bonds is 8. The number of aromatic nitrogens is 3. The highest BCUT2D eigenvalue weighted by Gasteiger charge is 2.32. The monoisotopic (exact) mass is 486 g/mol. The van der Waals surface area contributed by atoms with E-state index in [1.165, 1.54) is 18.2 Å². The summed E-state index contributed by atoms with van der Waals surface area (Å²) in [5.41, 5.74) is -0.0872. The van der Waals surface area contributed by atoms with Crippen molar-refractivity contribution < 1.29 is 27.4 Å². The number of amides is 1. The number of carbonyl (C=O) groups is 1. The number of nitrogens with one attached hydrogen (secondary N) is 1. The Balaban J connectivity index is 1.61. The van der Waals surface area contributed by atoms with Crippen molar-refractivity contribution >= 4 is 35.0 Å². The van der Waals surface area contributed by atoms with E-state index in [9.17, 15) is 18.0 Å². The Hall–Kier alpha value is -2.92. The molecule has 1 N–H and O–H groups in total. The molecule has 0 aliphatic heterocycles. The Kier molecular flexibility index (Phi) is 7.52. The maximum absolute atomic E-state index is 12.5. The Morgan fingerprint density at radius 3 is 2.50 bits per heavy atom. The van der Waals surface area contributed by atoms with Crippen LogP contribution in [-0.2, 0) is 11.8 Å². The van der Waals surface area contributed by atoms with Gasteiger partial charge >= 0.3 is 6.36 Å². The molecular weight excluding hydrogens is 469 g/mol. The summed E-state index contributed by atoms with van der Waals surface area (Å²) in [6.45, 7) is 1.78. The number of para-hydroxylation sites is 3. The number of ether oxygens (including phenoxy) is 2. The summed E-state index contributed by atoms with van der Waals surface area (Å²) in [6.07, 6.45) is -5.34. The zero-order valence-electron chi connectivity index (χ0n) is 16.9. The number of hydrogen-bond acceptors (Lipinski definition) is 6. The normalized spacial score (nSPS) is 12.3. The highest BCUT2D eigenvalue weighted by molar-refractivity contribution is 7.99. The largest absolute Gasteiger partial charge is 0.573 e. The molecule has 0 aliphatic carbocycles. The molecule has 170 valence electrons. The number of anilines is 1. The summed E-state index contributed by atoms with van der Waals surface area (Å²) in [5.74, 6) is -0.121. The van der Waals surface area contributed by atoms with Crippen LogP contribution in [-0.4, -0.2) is 32.8 Å². The van der Waals surface area contributed by atoms with Gasteiger partial charge in [0.2, 0.25) is 5.91 Å². The summed E-state index contributed by atoms with van der Waals surface area (Å²) < 4.78 is 49.0. The minimum Gasteiger partial charge on any atom is -0.481 e. The number of thioether (sulfide) groups is 1. The number of halogens is 4. The predicted molar refractivity (Wildman–Crippen MR) is 114 cm³/mol. The smallest absolute Gasteiger partial charge is 0.481 e. The first-order chi connectivity index (χ1) is 15.1. The molecule has 3 aromatic rings. The molecule has 0 saturated carbocycles. The van der Waals surface area contributed by atoms with Gasteiger partial charge in [-0.1, -0.05) is 47.6 Å². The van der Waals surface area contributed by atoms with E-state index in [2.05, 4.69) is 20.3 Å². The lowest BCUT2D eigenvalue weighted by atomic mass is 10.3. The summed E-state index contributed by atoms with van der Waals surface area (Å²) >= 11 is 7.18. The quantitative estimate of drug-likeness (QED) is 0.439. The Morgan fingerprint density at radius 1 is 1.16 bits per heavy atom. The summed E-state index contributed by atoms with van der Waals surface area (Å²) in [5, 5.41) is 11.5. The van der Waals surface area contributed by atoms with Crippen molar-refractivity contribution in [3.63, 3.8) is 0 Å². The topological polar surface area (TPSA) is 78.3 Å². The maximum atomic E-state index is 12.5. The van der Waals surface area contributed by atoms with Crippen LogP contribution in [0.5, 0.6) is 11.5 Å². The molecule has 12 heteroatoms. The molecule has 0 saturated heterocycles. The van der Waals surface area contributed by atoms with Gasteiger partial charge in [0.1, 0.15) is 5.75 Å². The molecule has 1 aromatic heterocycles. The fourth-order valence-corrected chi connectivity index (χ4v) is 3.59. The molecule has 3 rings (SSSR count). The standard InChI is InChI=1S/C20H18ClF3N4O3S/c1-12(30-15-9-5-3-7-13(15)21)18-26-27-19(28(18)2)32-11-17(29)25-14-8-4-6-10-16(14)31-20(22,23)24/h3-10,12H,11H2,1-2H3,(H,25,29). The fraction of sp³-hybridized carbons (Fsp3) is 0.250. The van der Waals surface area contributed by atoms with Gasteiger partial charge in [0.05, 0.1) is 16.5 Å². The third-order valence-corrected chi connectivity index (χ3v) is 5.42. The molecule has 2 aromatic carbocycles. The van der Waals surface area contributed by atoms with Crippen molar-refractivity contribution in [3.8, 4) is 11.5 Å². The van der Waals surface area contributed by atoms with E-state index in [1.54, 1.807) is 42.8 Å². The van der Waals surface area contributed by atoms with Gasteiger partial charge in [0.15, 0.2) is 22.8 Å². The van der Waals surface area contributed by atoms with E-state index in [4.69, 9.17) is 16.3 Å². The van der Waals surface area contributed by atoms with Crippen molar-refractivity contribution in [2.45, 2.75) is 24.5 Å². The number of benzene rings is 2. The average molecular weight is 487 g/mol. The third-order valence-electron chi connectivity index (χ3n) is 4.09. The van der Waals surface area contributed by atoms with Crippen LogP contribution in [0.25, 0.3) is 0 Å². The first-order valence-electron chi connectivity index (χ1n) is 9.22. The van der Waals surface area contributed by atoms with Crippen LogP contribution in [0.2, 0.25) is 5.02 Å². The van der Waals surface area contributed by atoms with Crippen LogP contribution in [0.1, 0.15) is 18.9 Å². The molecule has 0 fully saturated rings. The number of nitrogens with zero attached hydrogens (tertiary/aromatic N) is 3. The second-order valence-corrected chi connectivity index (χ2v) is 7.82. The van der Waals surface area contributed by atoms with Crippen molar-refractivity contribution in [1.82, 2.24) is 14.8 Å². The lowest BCUT2D eigenvalue weighted by Crippen LogP contribution is -2.20. The number of hydrogen-bond donors (Lipinski definition) is 1. The molecule has 0 aliphatic rings. The Bertz CT molecular complexity index is 1090. The van der Waals surface area contributed by atoms with Crippen molar-refractivity contribution in [3.05, 3.63) is 59.4 Å². The highest BCUT2D eigenvalue weighted by atomic mass is 35.5. The molecular formula is C20H18ClF3N4O3S. The van der Waals surface area contributed by atoms with E-state index in [0.29, 0.717) is 21.8 Å². The molecule has 1 unspecified atom stereocenters. The van der Waals surface area contributed by atoms with Crippen LogP contribution >= 0.6 is 23.4 Å². The van der Waals surface area contributed by atoms with Gasteiger partial charge in [-0.15, -0.1) is 23.4 Å². The van der Waals surface area contributed by atoms with E-state index in [-0.39, 0.29) is 11.4 Å². The summed E-state index contributed by atoms with van der Waals surface area (Å²) in [4.78, 5) is 12.3. The van der Waals surface area contributed by atoms with E-state index < -0.39 is 24.1 Å². The molecule has 1 amide bonds. The van der Waals surface area contributed by atoms with Gasteiger partial charge < -0.3 is 19.4 Å². The van der Waals surface area contributed by atoms with Crippen LogP contribution < -0.4 is 14.8 Å². The van der Waals surface area contributed by atoms with E-state index in [0.717, 1.165) is 17.8 Å². The highest BCUT2D eigenvalue weighted by Crippen LogP contribution is 2.31. The number of carbonyl (C=O) groups excluding carboxylic acids is 1. The zero-order valence-corrected chi connectivity index (χ0v) is 18.5. The first kappa shape index (κ1) is 23.7. The number of alkyl halides is 3. The van der Waals surface area contributed by atoms with Crippen LogP contribution in [0, 0.1) is 0 Å². The fourth-order valence-electron chi connectivity index (χ4n) is 2.69. The minimum absolute atomic E-state index is 0.0872. The molecule has 1 atom stereocenters.